The van der Waals surface area contributed by atoms with Crippen molar-refractivity contribution in [2.45, 2.75) is 24.3 Å². The van der Waals surface area contributed by atoms with Crippen LogP contribution in [0, 0.1) is 0 Å². The second-order valence-electron chi connectivity index (χ2n) is 6.55. The van der Waals surface area contributed by atoms with Gasteiger partial charge in [0, 0.05) is 18.4 Å². The highest BCUT2D eigenvalue weighted by molar-refractivity contribution is 7.90. The number of rotatable bonds is 6. The van der Waals surface area contributed by atoms with E-state index in [1.165, 1.54) is 12.1 Å². The predicted octanol–water partition coefficient (Wildman–Crippen LogP) is 2.78. The lowest BCUT2D eigenvalue weighted by molar-refractivity contribution is 0.0462. The highest BCUT2D eigenvalue weighted by atomic mass is 32.2. The fraction of sp³-hybridized carbons (Fsp3) is 0.350. The minimum atomic E-state index is -3.37. The van der Waals surface area contributed by atoms with Crippen LogP contribution in [0.3, 0.4) is 0 Å². The molecule has 1 unspecified atom stereocenters. The van der Waals surface area contributed by atoms with Gasteiger partial charge in [0.15, 0.2) is 27.4 Å². The second kappa shape index (κ2) is 8.00. The van der Waals surface area contributed by atoms with Crippen LogP contribution in [0.2, 0.25) is 0 Å². The highest BCUT2D eigenvalue weighted by Gasteiger charge is 2.26. The molecule has 1 amide bonds. The molecule has 2 aromatic carbocycles. The van der Waals surface area contributed by atoms with E-state index < -0.39 is 9.84 Å². The topological polar surface area (TPSA) is 72.9 Å². The summed E-state index contributed by atoms with van der Waals surface area (Å²) in [5.41, 5.74) is 0.350. The van der Waals surface area contributed by atoms with Gasteiger partial charge in [0.1, 0.15) is 6.61 Å². The number of carbonyl (C=O) groups excluding carboxylic acids is 1. The number of fused-ring (bicyclic) bond motifs is 1. The molecule has 144 valence electrons. The Morgan fingerprint density at radius 1 is 1.15 bits per heavy atom. The first-order valence-electron chi connectivity index (χ1n) is 8.86. The van der Waals surface area contributed by atoms with Crippen LogP contribution in [0.4, 0.5) is 0 Å². The summed E-state index contributed by atoms with van der Waals surface area (Å²) in [6, 6.07) is 13.6. The van der Waals surface area contributed by atoms with Crippen LogP contribution in [-0.2, 0) is 9.84 Å². The van der Waals surface area contributed by atoms with Crippen molar-refractivity contribution in [1.29, 1.82) is 0 Å². The molecule has 7 heteroatoms. The quantitative estimate of drug-likeness (QED) is 0.760. The summed E-state index contributed by atoms with van der Waals surface area (Å²) in [6.07, 6.45) is 1.63. The summed E-state index contributed by atoms with van der Waals surface area (Å²) >= 11 is 0. The normalized spacial score (nSPS) is 16.0. The van der Waals surface area contributed by atoms with Gasteiger partial charge in [-0.3, -0.25) is 4.79 Å². The van der Waals surface area contributed by atoms with Gasteiger partial charge in [-0.1, -0.05) is 25.1 Å². The molecule has 0 spiro atoms. The van der Waals surface area contributed by atoms with Crippen molar-refractivity contribution in [2.75, 3.05) is 26.0 Å². The molecule has 0 aliphatic carbocycles. The van der Waals surface area contributed by atoms with Crippen molar-refractivity contribution in [1.82, 2.24) is 4.90 Å². The van der Waals surface area contributed by atoms with E-state index in [2.05, 4.69) is 0 Å². The molecule has 0 bridgehead atoms. The van der Waals surface area contributed by atoms with Crippen LogP contribution < -0.4 is 9.47 Å². The number of amides is 1. The lowest BCUT2D eigenvalue weighted by Crippen LogP contribution is -2.44. The second-order valence-corrected chi connectivity index (χ2v) is 8.56. The maximum atomic E-state index is 13.0. The van der Waals surface area contributed by atoms with Crippen LogP contribution in [-0.4, -0.2) is 51.3 Å². The Morgan fingerprint density at radius 3 is 2.59 bits per heavy atom. The average molecular weight is 389 g/mol. The molecular formula is C20H23NO5S. The molecule has 0 saturated carbocycles. The summed E-state index contributed by atoms with van der Waals surface area (Å²) in [7, 11) is -3.37. The molecule has 3 rings (SSSR count). The van der Waals surface area contributed by atoms with Crippen molar-refractivity contribution >= 4 is 15.7 Å². The third-order valence-corrected chi connectivity index (χ3v) is 5.39. The maximum absolute atomic E-state index is 13.0. The Balaban J connectivity index is 1.77. The van der Waals surface area contributed by atoms with Crippen molar-refractivity contribution in [2.24, 2.45) is 0 Å². The number of hydrogen-bond acceptors (Lipinski definition) is 5. The van der Waals surface area contributed by atoms with Crippen LogP contribution in [0.1, 0.15) is 23.7 Å². The van der Waals surface area contributed by atoms with Crippen molar-refractivity contribution in [3.8, 4) is 11.5 Å². The minimum Gasteiger partial charge on any atom is -0.486 e. The van der Waals surface area contributed by atoms with E-state index in [1.54, 1.807) is 17.0 Å². The molecule has 0 fully saturated rings. The van der Waals surface area contributed by atoms with Gasteiger partial charge >= 0.3 is 0 Å². The summed E-state index contributed by atoms with van der Waals surface area (Å²) in [5.74, 6) is 1.14. The number of benzene rings is 2. The van der Waals surface area contributed by atoms with Gasteiger partial charge < -0.3 is 14.4 Å². The SMILES string of the molecule is CCCN(CC1COc2ccccc2O1)C(=O)c1cccc(S(C)(=O)=O)c1. The highest BCUT2D eigenvalue weighted by Crippen LogP contribution is 2.31. The first-order chi connectivity index (χ1) is 12.9. The van der Waals surface area contributed by atoms with Crippen LogP contribution >= 0.6 is 0 Å². The van der Waals surface area contributed by atoms with Crippen LogP contribution in [0.5, 0.6) is 11.5 Å². The predicted molar refractivity (Wildman–Crippen MR) is 102 cm³/mol. The number of sulfone groups is 1. The number of hydrogen-bond donors (Lipinski definition) is 0. The molecule has 27 heavy (non-hydrogen) atoms. The Bertz CT molecular complexity index is 925. The van der Waals surface area contributed by atoms with E-state index >= 15 is 0 Å². The summed E-state index contributed by atoms with van der Waals surface area (Å²) in [4.78, 5) is 14.8. The van der Waals surface area contributed by atoms with Gasteiger partial charge in [0.2, 0.25) is 0 Å². The Hall–Kier alpha value is -2.54. The summed E-state index contributed by atoms with van der Waals surface area (Å²) in [5, 5.41) is 0. The Morgan fingerprint density at radius 2 is 1.89 bits per heavy atom. The van der Waals surface area contributed by atoms with E-state index in [0.29, 0.717) is 36.8 Å². The first kappa shape index (κ1) is 19.2. The van der Waals surface area contributed by atoms with Gasteiger partial charge in [-0.25, -0.2) is 8.42 Å². The molecule has 0 N–H and O–H groups in total. The minimum absolute atomic E-state index is 0.135. The van der Waals surface area contributed by atoms with Gasteiger partial charge in [-0.2, -0.15) is 0 Å². The monoisotopic (exact) mass is 389 g/mol. The zero-order valence-corrected chi connectivity index (χ0v) is 16.2. The van der Waals surface area contributed by atoms with Crippen molar-refractivity contribution < 1.29 is 22.7 Å². The van der Waals surface area contributed by atoms with E-state index in [0.717, 1.165) is 12.7 Å². The van der Waals surface area contributed by atoms with Gasteiger partial charge in [-0.15, -0.1) is 0 Å². The van der Waals surface area contributed by atoms with E-state index in [-0.39, 0.29) is 16.9 Å². The van der Waals surface area contributed by atoms with Gasteiger partial charge in [-0.05, 0) is 36.8 Å². The van der Waals surface area contributed by atoms with Crippen molar-refractivity contribution in [3.05, 3.63) is 54.1 Å². The molecule has 1 aliphatic heterocycles. The molecule has 6 nitrogen and oxygen atoms in total. The number of nitrogens with zero attached hydrogens (tertiary/aromatic N) is 1. The number of carbonyl (C=O) groups is 1. The molecule has 2 aromatic rings. The first-order valence-corrected chi connectivity index (χ1v) is 10.8. The third-order valence-electron chi connectivity index (χ3n) is 4.28. The number of para-hydroxylation sites is 2. The fourth-order valence-corrected chi connectivity index (χ4v) is 3.65. The lowest BCUT2D eigenvalue weighted by atomic mass is 10.1. The third kappa shape index (κ3) is 4.60. The molecule has 0 radical (unpaired) electrons. The molecule has 1 atom stereocenters. The van der Waals surface area contributed by atoms with E-state index in [1.807, 2.05) is 31.2 Å². The number of ether oxygens (including phenoxy) is 2. The Labute approximate surface area is 159 Å². The largest absolute Gasteiger partial charge is 0.486 e. The van der Waals surface area contributed by atoms with E-state index in [4.69, 9.17) is 9.47 Å². The standard InChI is InChI=1S/C20H23NO5S/c1-3-11-21(13-16-14-25-18-9-4-5-10-19(18)26-16)20(22)15-7-6-8-17(12-15)27(2,23)24/h4-10,12,16H,3,11,13-14H2,1-2H3. The van der Waals surface area contributed by atoms with Gasteiger partial charge in [0.05, 0.1) is 11.4 Å². The molecular weight excluding hydrogens is 366 g/mol. The van der Waals surface area contributed by atoms with Crippen LogP contribution in [0.15, 0.2) is 53.4 Å². The zero-order valence-electron chi connectivity index (χ0n) is 15.4. The maximum Gasteiger partial charge on any atom is 0.254 e. The van der Waals surface area contributed by atoms with E-state index in [9.17, 15) is 13.2 Å². The average Bonchev–Trinajstić information content (AvgIpc) is 2.66. The summed E-state index contributed by atoms with van der Waals surface area (Å²) < 4.78 is 35.2. The molecule has 1 heterocycles. The van der Waals surface area contributed by atoms with Crippen molar-refractivity contribution in [3.63, 3.8) is 0 Å². The smallest absolute Gasteiger partial charge is 0.254 e. The lowest BCUT2D eigenvalue weighted by Gasteiger charge is -2.31. The van der Waals surface area contributed by atoms with Crippen LogP contribution in [0.25, 0.3) is 0 Å². The summed E-state index contributed by atoms with van der Waals surface area (Å²) in [6.45, 7) is 3.25. The van der Waals surface area contributed by atoms with Gasteiger partial charge in [0.25, 0.3) is 5.91 Å². The molecule has 0 aromatic heterocycles. The molecule has 0 saturated heterocycles. The molecule has 1 aliphatic rings. The fourth-order valence-electron chi connectivity index (χ4n) is 2.99. The Kier molecular flexibility index (Phi) is 5.70. The zero-order chi connectivity index (χ0) is 19.4.